The predicted molar refractivity (Wildman–Crippen MR) is 73.1 cm³/mol. The topological polar surface area (TPSA) is 38.7 Å². The summed E-state index contributed by atoms with van der Waals surface area (Å²) in [6, 6.07) is 9.02. The van der Waals surface area contributed by atoms with Crippen molar-refractivity contribution in [2.75, 3.05) is 0 Å². The Hall–Kier alpha value is -0.910. The predicted octanol–water partition coefficient (Wildman–Crippen LogP) is 3.43. The molecule has 0 N–H and O–H groups in total. The van der Waals surface area contributed by atoms with E-state index in [9.17, 15) is 4.79 Å². The van der Waals surface area contributed by atoms with Gasteiger partial charge < -0.3 is 4.84 Å². The molecule has 0 saturated carbocycles. The van der Waals surface area contributed by atoms with Crippen molar-refractivity contribution in [3.05, 3.63) is 35.9 Å². The number of carbonyl (C=O) groups is 1. The van der Waals surface area contributed by atoms with Gasteiger partial charge in [-0.1, -0.05) is 35.5 Å². The number of carbonyl (C=O) groups excluding carboxylic acids is 1. The molecular formula is C12H14INO2. The molecule has 0 saturated heterocycles. The molecule has 0 heterocycles. The van der Waals surface area contributed by atoms with E-state index in [1.54, 1.807) is 12.1 Å². The maximum Gasteiger partial charge on any atom is 0.220 e. The van der Waals surface area contributed by atoms with Crippen LogP contribution in [0.1, 0.15) is 31.1 Å². The number of benzene rings is 1. The average Bonchev–Trinajstić information content (AvgIpc) is 2.25. The smallest absolute Gasteiger partial charge is 0.220 e. The highest BCUT2D eigenvalue weighted by Crippen LogP contribution is 2.11. The Bertz CT molecular complexity index is 393. The fourth-order valence-corrected chi connectivity index (χ4v) is 1.34. The van der Waals surface area contributed by atoms with Gasteiger partial charge >= 0.3 is 0 Å². The van der Waals surface area contributed by atoms with Crippen LogP contribution in [0.3, 0.4) is 0 Å². The molecule has 0 aliphatic heterocycles. The van der Waals surface area contributed by atoms with Gasteiger partial charge in [0.1, 0.15) is 5.60 Å². The minimum atomic E-state index is -0.382. The van der Waals surface area contributed by atoms with E-state index in [2.05, 4.69) is 5.16 Å². The fourth-order valence-electron chi connectivity index (χ4n) is 0.927. The lowest BCUT2D eigenvalue weighted by atomic mass is 10.1. The first-order valence-corrected chi connectivity index (χ1v) is 5.99. The van der Waals surface area contributed by atoms with Crippen molar-refractivity contribution in [2.45, 2.75) is 26.4 Å². The molecule has 3 nitrogen and oxygen atoms in total. The lowest BCUT2D eigenvalue weighted by Gasteiger charge is -2.15. The van der Waals surface area contributed by atoms with E-state index in [0.29, 0.717) is 9.28 Å². The normalized spacial score (nSPS) is 12.4. The summed E-state index contributed by atoms with van der Waals surface area (Å²) >= 11 is 1.89. The zero-order valence-electron chi connectivity index (χ0n) is 9.53. The zero-order chi connectivity index (χ0) is 12.2. The van der Waals surface area contributed by atoms with Gasteiger partial charge in [0.05, 0.1) is 0 Å². The lowest BCUT2D eigenvalue weighted by molar-refractivity contribution is 0.00166. The maximum absolute atomic E-state index is 11.8. The van der Waals surface area contributed by atoms with Crippen molar-refractivity contribution in [2.24, 2.45) is 5.16 Å². The molecule has 0 aromatic heterocycles. The number of nitrogens with zero attached hydrogens (tertiary/aromatic N) is 1. The van der Waals surface area contributed by atoms with Crippen molar-refractivity contribution in [3.8, 4) is 0 Å². The number of hydrogen-bond donors (Lipinski definition) is 0. The van der Waals surface area contributed by atoms with Crippen LogP contribution in [-0.2, 0) is 4.84 Å². The third-order valence-electron chi connectivity index (χ3n) is 1.62. The summed E-state index contributed by atoms with van der Waals surface area (Å²) in [6.07, 6.45) is 0. The molecule has 1 aromatic carbocycles. The van der Waals surface area contributed by atoms with Gasteiger partial charge in [-0.05, 0) is 43.4 Å². The quantitative estimate of drug-likeness (QED) is 0.368. The molecule has 16 heavy (non-hydrogen) atoms. The second kappa shape index (κ2) is 5.43. The van der Waals surface area contributed by atoms with Crippen molar-refractivity contribution in [1.82, 2.24) is 0 Å². The number of ketones is 1. The molecule has 86 valence electrons. The largest absolute Gasteiger partial charge is 0.389 e. The van der Waals surface area contributed by atoms with Gasteiger partial charge in [-0.15, -0.1) is 0 Å². The number of rotatable bonds is 3. The van der Waals surface area contributed by atoms with Crippen LogP contribution in [0, 0.1) is 0 Å². The van der Waals surface area contributed by atoms with Crippen LogP contribution in [0.15, 0.2) is 35.5 Å². The van der Waals surface area contributed by atoms with Crippen LogP contribution >= 0.6 is 22.6 Å². The Morgan fingerprint density at radius 3 is 2.31 bits per heavy atom. The molecule has 0 unspecified atom stereocenters. The molecule has 0 amide bonds. The molecule has 4 heteroatoms. The first-order valence-electron chi connectivity index (χ1n) is 4.91. The molecule has 1 aromatic rings. The Kier molecular flexibility index (Phi) is 4.46. The molecule has 0 aliphatic rings. The highest BCUT2D eigenvalue weighted by Gasteiger charge is 2.14. The molecule has 0 spiro atoms. The number of Topliss-reactive ketones (excluding diaryl/α,β-unsaturated/α-hetero) is 1. The summed E-state index contributed by atoms with van der Waals surface area (Å²) in [5.74, 6) is -0.120. The summed E-state index contributed by atoms with van der Waals surface area (Å²) in [6.45, 7) is 5.65. The summed E-state index contributed by atoms with van der Waals surface area (Å²) in [4.78, 5) is 17.0. The van der Waals surface area contributed by atoms with Gasteiger partial charge in [0.2, 0.25) is 5.78 Å². The van der Waals surface area contributed by atoms with Crippen LogP contribution in [0.4, 0.5) is 0 Å². The van der Waals surface area contributed by atoms with E-state index in [4.69, 9.17) is 4.84 Å². The van der Waals surface area contributed by atoms with Crippen LogP contribution in [0.5, 0.6) is 0 Å². The van der Waals surface area contributed by atoms with Crippen LogP contribution in [0.2, 0.25) is 0 Å². The highest BCUT2D eigenvalue weighted by atomic mass is 127. The van der Waals surface area contributed by atoms with Crippen molar-refractivity contribution >= 4 is 32.1 Å². The fraction of sp³-hybridized carbons (Fsp3) is 0.333. The molecular weight excluding hydrogens is 317 g/mol. The number of hydrogen-bond acceptors (Lipinski definition) is 3. The summed E-state index contributed by atoms with van der Waals surface area (Å²) in [5, 5.41) is 3.83. The third-order valence-corrected chi connectivity index (χ3v) is 2.31. The minimum absolute atomic E-state index is 0.120. The van der Waals surface area contributed by atoms with Crippen molar-refractivity contribution in [1.29, 1.82) is 0 Å². The maximum atomic E-state index is 11.8. The third kappa shape index (κ3) is 4.30. The Morgan fingerprint density at radius 1 is 1.25 bits per heavy atom. The van der Waals surface area contributed by atoms with E-state index in [-0.39, 0.29) is 11.4 Å². The van der Waals surface area contributed by atoms with E-state index in [1.165, 1.54) is 0 Å². The van der Waals surface area contributed by atoms with Crippen molar-refractivity contribution < 1.29 is 9.63 Å². The summed E-state index contributed by atoms with van der Waals surface area (Å²) < 4.78 is 0.332. The van der Waals surface area contributed by atoms with Gasteiger partial charge in [0.25, 0.3) is 0 Å². The van der Waals surface area contributed by atoms with Gasteiger partial charge in [0.15, 0.2) is 3.72 Å². The zero-order valence-corrected chi connectivity index (χ0v) is 11.7. The lowest BCUT2D eigenvalue weighted by Crippen LogP contribution is -2.18. The first kappa shape index (κ1) is 13.2. The Morgan fingerprint density at radius 2 is 1.81 bits per heavy atom. The van der Waals surface area contributed by atoms with E-state index in [0.717, 1.165) is 0 Å². The van der Waals surface area contributed by atoms with Gasteiger partial charge in [-0.2, -0.15) is 0 Å². The van der Waals surface area contributed by atoms with Crippen molar-refractivity contribution in [3.63, 3.8) is 0 Å². The van der Waals surface area contributed by atoms with E-state index in [1.807, 2.05) is 61.6 Å². The van der Waals surface area contributed by atoms with Gasteiger partial charge in [-0.3, -0.25) is 4.79 Å². The number of halogens is 1. The monoisotopic (exact) mass is 331 g/mol. The van der Waals surface area contributed by atoms with E-state index >= 15 is 0 Å². The molecule has 1 rings (SSSR count). The second-order valence-corrected chi connectivity index (χ2v) is 5.30. The van der Waals surface area contributed by atoms with Crippen LogP contribution < -0.4 is 0 Å². The van der Waals surface area contributed by atoms with E-state index < -0.39 is 0 Å². The first-order chi connectivity index (χ1) is 7.40. The Labute approximate surface area is 109 Å². The summed E-state index contributed by atoms with van der Waals surface area (Å²) in [5.41, 5.74) is 0.237. The average molecular weight is 331 g/mol. The van der Waals surface area contributed by atoms with Gasteiger partial charge in [0, 0.05) is 5.56 Å². The SMILES string of the molecule is CC(C)(C)O/N=C(\I)C(=O)c1ccccc1. The second-order valence-electron chi connectivity index (χ2n) is 4.28. The summed E-state index contributed by atoms with van der Waals surface area (Å²) in [7, 11) is 0. The minimum Gasteiger partial charge on any atom is -0.389 e. The molecule has 0 aliphatic carbocycles. The van der Waals surface area contributed by atoms with Crippen LogP contribution in [0.25, 0.3) is 0 Å². The molecule has 0 fully saturated rings. The van der Waals surface area contributed by atoms with Gasteiger partial charge in [-0.25, -0.2) is 0 Å². The molecule has 0 bridgehead atoms. The highest BCUT2D eigenvalue weighted by molar-refractivity contribution is 14.1. The molecule has 0 atom stereocenters. The number of oxime groups is 1. The van der Waals surface area contributed by atoms with Crippen LogP contribution in [-0.4, -0.2) is 15.1 Å². The Balaban J connectivity index is 2.76. The molecule has 0 radical (unpaired) electrons. The standard InChI is InChI=1S/C12H14INO2/c1-12(2,3)16-14-11(13)10(15)9-7-5-4-6-8-9/h4-8H,1-3H3/b14-11-.